The normalized spacial score (nSPS) is 14.1. The molecular formula is C14H14N2O2S. The molecule has 0 saturated heterocycles. The molecule has 2 aromatic rings. The van der Waals surface area contributed by atoms with E-state index in [0.29, 0.717) is 0 Å². The Kier molecular flexibility index (Phi) is 2.98. The fourth-order valence-electron chi connectivity index (χ4n) is 2.68. The summed E-state index contributed by atoms with van der Waals surface area (Å²) in [6, 6.07) is 6.76. The molecule has 1 aromatic carbocycles. The molecule has 19 heavy (non-hydrogen) atoms. The smallest absolute Gasteiger partial charge is 0.270 e. The molecule has 0 bridgehead atoms. The molecule has 0 spiro atoms. The minimum Gasteiger partial charge on any atom is -0.390 e. The molecule has 5 heteroatoms. The summed E-state index contributed by atoms with van der Waals surface area (Å²) < 4.78 is 0. The summed E-state index contributed by atoms with van der Waals surface area (Å²) in [5.41, 5.74) is 9.43. The van der Waals surface area contributed by atoms with Gasteiger partial charge in [-0.3, -0.25) is 10.1 Å². The lowest BCUT2D eigenvalue weighted by atomic mass is 9.92. The van der Waals surface area contributed by atoms with Crippen LogP contribution in [0.4, 0.5) is 10.7 Å². The average molecular weight is 274 g/mol. The summed E-state index contributed by atoms with van der Waals surface area (Å²) >= 11 is 1.63. The van der Waals surface area contributed by atoms with Crippen LogP contribution in [0.2, 0.25) is 0 Å². The SMILES string of the molecule is Nc1sc2c(c1-c1cccc([N+](=O)[O-])c1)CCCC2. The second kappa shape index (κ2) is 4.66. The summed E-state index contributed by atoms with van der Waals surface area (Å²) in [6.07, 6.45) is 4.49. The zero-order chi connectivity index (χ0) is 13.4. The molecule has 1 heterocycles. The first-order chi connectivity index (χ1) is 9.16. The average Bonchev–Trinajstić information content (AvgIpc) is 2.74. The number of hydrogen-bond acceptors (Lipinski definition) is 4. The molecule has 0 atom stereocenters. The summed E-state index contributed by atoms with van der Waals surface area (Å²) in [4.78, 5) is 11.9. The number of hydrogen-bond donors (Lipinski definition) is 1. The molecule has 98 valence electrons. The third-order valence-electron chi connectivity index (χ3n) is 3.54. The molecule has 0 amide bonds. The number of nitrogen functional groups attached to an aromatic ring is 1. The van der Waals surface area contributed by atoms with Crippen LogP contribution >= 0.6 is 11.3 Å². The molecule has 0 fully saturated rings. The minimum absolute atomic E-state index is 0.118. The predicted octanol–water partition coefficient (Wildman–Crippen LogP) is 3.78. The van der Waals surface area contributed by atoms with Crippen molar-refractivity contribution in [3.05, 3.63) is 44.8 Å². The second-order valence-corrected chi connectivity index (χ2v) is 5.89. The van der Waals surface area contributed by atoms with Gasteiger partial charge in [-0.05, 0) is 36.8 Å². The predicted molar refractivity (Wildman–Crippen MR) is 77.5 cm³/mol. The number of nitrogens with zero attached hydrogens (tertiary/aromatic N) is 1. The van der Waals surface area contributed by atoms with Crippen molar-refractivity contribution in [2.75, 3.05) is 5.73 Å². The van der Waals surface area contributed by atoms with Crippen molar-refractivity contribution in [1.29, 1.82) is 0 Å². The van der Waals surface area contributed by atoms with E-state index in [2.05, 4.69) is 0 Å². The number of benzene rings is 1. The highest BCUT2D eigenvalue weighted by Crippen LogP contribution is 2.43. The maximum absolute atomic E-state index is 10.9. The summed E-state index contributed by atoms with van der Waals surface area (Å²) in [7, 11) is 0. The van der Waals surface area contributed by atoms with Crippen molar-refractivity contribution in [1.82, 2.24) is 0 Å². The Morgan fingerprint density at radius 3 is 2.84 bits per heavy atom. The van der Waals surface area contributed by atoms with Gasteiger partial charge in [-0.1, -0.05) is 12.1 Å². The van der Waals surface area contributed by atoms with Gasteiger partial charge in [-0.15, -0.1) is 11.3 Å². The zero-order valence-electron chi connectivity index (χ0n) is 10.4. The molecule has 1 aromatic heterocycles. The standard InChI is InChI=1S/C14H14N2O2S/c15-14-13(11-6-1-2-7-12(11)19-14)9-4-3-5-10(8-9)16(17)18/h3-5,8H,1-2,6-7,15H2. The number of nitrogens with two attached hydrogens (primary N) is 1. The van der Waals surface area contributed by atoms with E-state index in [4.69, 9.17) is 5.73 Å². The van der Waals surface area contributed by atoms with Gasteiger partial charge in [0.15, 0.2) is 0 Å². The minimum atomic E-state index is -0.363. The first-order valence-corrected chi connectivity index (χ1v) is 7.13. The van der Waals surface area contributed by atoms with Gasteiger partial charge in [0.05, 0.1) is 9.92 Å². The number of nitro benzene ring substituents is 1. The van der Waals surface area contributed by atoms with Gasteiger partial charge in [0, 0.05) is 22.6 Å². The van der Waals surface area contributed by atoms with Crippen LogP contribution in [0.1, 0.15) is 23.3 Å². The summed E-state index contributed by atoms with van der Waals surface area (Å²) in [5, 5.41) is 11.7. The van der Waals surface area contributed by atoms with Crippen molar-refractivity contribution in [3.8, 4) is 11.1 Å². The van der Waals surface area contributed by atoms with E-state index in [0.717, 1.165) is 29.0 Å². The maximum Gasteiger partial charge on any atom is 0.270 e. The first kappa shape index (κ1) is 12.2. The van der Waals surface area contributed by atoms with Crippen molar-refractivity contribution in [2.45, 2.75) is 25.7 Å². The lowest BCUT2D eigenvalue weighted by molar-refractivity contribution is -0.384. The molecule has 2 N–H and O–H groups in total. The van der Waals surface area contributed by atoms with Crippen LogP contribution in [-0.2, 0) is 12.8 Å². The van der Waals surface area contributed by atoms with E-state index in [-0.39, 0.29) is 10.6 Å². The quantitative estimate of drug-likeness (QED) is 0.669. The lowest BCUT2D eigenvalue weighted by Crippen LogP contribution is -2.00. The Balaban J connectivity index is 2.14. The van der Waals surface area contributed by atoms with E-state index in [9.17, 15) is 10.1 Å². The lowest BCUT2D eigenvalue weighted by Gasteiger charge is -2.12. The maximum atomic E-state index is 10.9. The molecule has 1 aliphatic rings. The number of thiophene rings is 1. The summed E-state index contributed by atoms with van der Waals surface area (Å²) in [6.45, 7) is 0. The van der Waals surface area contributed by atoms with Gasteiger partial charge in [0.25, 0.3) is 5.69 Å². The fourth-order valence-corrected chi connectivity index (χ4v) is 3.86. The van der Waals surface area contributed by atoms with Gasteiger partial charge in [-0.25, -0.2) is 0 Å². The van der Waals surface area contributed by atoms with Gasteiger partial charge in [-0.2, -0.15) is 0 Å². The van der Waals surface area contributed by atoms with Crippen molar-refractivity contribution in [2.24, 2.45) is 0 Å². The van der Waals surface area contributed by atoms with Crippen LogP contribution in [0, 0.1) is 10.1 Å². The molecule has 4 nitrogen and oxygen atoms in total. The van der Waals surface area contributed by atoms with E-state index in [1.807, 2.05) is 6.07 Å². The third kappa shape index (κ3) is 2.10. The number of nitro groups is 1. The number of fused-ring (bicyclic) bond motifs is 1. The van der Waals surface area contributed by atoms with E-state index in [1.165, 1.54) is 29.3 Å². The van der Waals surface area contributed by atoms with Crippen LogP contribution < -0.4 is 5.73 Å². The van der Waals surface area contributed by atoms with Gasteiger partial charge < -0.3 is 5.73 Å². The fraction of sp³-hybridized carbons (Fsp3) is 0.286. The number of aryl methyl sites for hydroxylation is 1. The largest absolute Gasteiger partial charge is 0.390 e. The van der Waals surface area contributed by atoms with Gasteiger partial charge in [0.1, 0.15) is 0 Å². The molecular weight excluding hydrogens is 260 g/mol. The van der Waals surface area contributed by atoms with Crippen LogP contribution in [-0.4, -0.2) is 4.92 Å². The van der Waals surface area contributed by atoms with Gasteiger partial charge >= 0.3 is 0 Å². The summed E-state index contributed by atoms with van der Waals surface area (Å²) in [5.74, 6) is 0. The Morgan fingerprint density at radius 1 is 1.26 bits per heavy atom. The van der Waals surface area contributed by atoms with E-state index >= 15 is 0 Å². The highest BCUT2D eigenvalue weighted by atomic mass is 32.1. The van der Waals surface area contributed by atoms with Crippen molar-refractivity contribution >= 4 is 22.0 Å². The number of non-ortho nitro benzene ring substituents is 1. The molecule has 0 aliphatic heterocycles. The Labute approximate surface area is 115 Å². The Hall–Kier alpha value is -1.88. The molecule has 1 aliphatic carbocycles. The third-order valence-corrected chi connectivity index (χ3v) is 4.67. The Bertz CT molecular complexity index is 649. The highest BCUT2D eigenvalue weighted by Gasteiger charge is 2.21. The van der Waals surface area contributed by atoms with Crippen LogP contribution in [0.3, 0.4) is 0 Å². The van der Waals surface area contributed by atoms with E-state index < -0.39 is 0 Å². The van der Waals surface area contributed by atoms with Crippen molar-refractivity contribution in [3.63, 3.8) is 0 Å². The molecule has 3 rings (SSSR count). The number of rotatable bonds is 2. The number of anilines is 1. The Morgan fingerprint density at radius 2 is 2.05 bits per heavy atom. The zero-order valence-corrected chi connectivity index (χ0v) is 11.2. The molecule has 0 radical (unpaired) electrons. The second-order valence-electron chi connectivity index (χ2n) is 4.76. The first-order valence-electron chi connectivity index (χ1n) is 6.31. The molecule has 0 unspecified atom stereocenters. The molecule has 0 saturated carbocycles. The highest BCUT2D eigenvalue weighted by molar-refractivity contribution is 7.16. The monoisotopic (exact) mass is 274 g/mol. The van der Waals surface area contributed by atoms with Crippen LogP contribution in [0.5, 0.6) is 0 Å². The van der Waals surface area contributed by atoms with Gasteiger partial charge in [0.2, 0.25) is 0 Å². The topological polar surface area (TPSA) is 69.2 Å². The van der Waals surface area contributed by atoms with Crippen LogP contribution in [0.25, 0.3) is 11.1 Å². The van der Waals surface area contributed by atoms with Crippen LogP contribution in [0.15, 0.2) is 24.3 Å². The van der Waals surface area contributed by atoms with E-state index in [1.54, 1.807) is 23.5 Å². The van der Waals surface area contributed by atoms with Crippen molar-refractivity contribution < 1.29 is 4.92 Å².